The number of nitrogens with zero attached hydrogens (tertiary/aromatic N) is 4. The lowest BCUT2D eigenvalue weighted by Gasteiger charge is -2.06. The lowest BCUT2D eigenvalue weighted by atomic mass is 10.0. The average molecular weight is 421 g/mol. The summed E-state index contributed by atoms with van der Waals surface area (Å²) in [5, 5.41) is 0. The van der Waals surface area contributed by atoms with Gasteiger partial charge in [-0.25, -0.2) is 9.98 Å². The number of benzene rings is 1. The quantitative estimate of drug-likeness (QED) is 0.422. The molecule has 4 rings (SSSR count). The van der Waals surface area contributed by atoms with Gasteiger partial charge in [-0.1, -0.05) is 43.3 Å². The van der Waals surface area contributed by atoms with Gasteiger partial charge in [-0.2, -0.15) is 0 Å². The minimum Gasteiger partial charge on any atom is -0.288 e. The average Bonchev–Trinajstić information content (AvgIpc) is 3.06. The van der Waals surface area contributed by atoms with Gasteiger partial charge in [-0.15, -0.1) is 0 Å². The molecule has 160 valence electrons. The fourth-order valence-electron chi connectivity index (χ4n) is 3.66. The van der Waals surface area contributed by atoms with Gasteiger partial charge >= 0.3 is 0 Å². The molecule has 0 N–H and O–H groups in total. The topological polar surface area (TPSA) is 50.5 Å². The van der Waals surface area contributed by atoms with E-state index in [4.69, 9.17) is 4.99 Å². The van der Waals surface area contributed by atoms with Crippen LogP contribution in [0.4, 0.5) is 5.82 Å². The van der Waals surface area contributed by atoms with E-state index in [0.29, 0.717) is 0 Å². The number of aromatic nitrogens is 2. The van der Waals surface area contributed by atoms with Crippen LogP contribution in [0.5, 0.6) is 0 Å². The normalized spacial score (nSPS) is 14.0. The van der Waals surface area contributed by atoms with Crippen molar-refractivity contribution in [2.75, 3.05) is 6.54 Å². The van der Waals surface area contributed by atoms with Crippen molar-refractivity contribution in [1.82, 2.24) is 9.97 Å². The van der Waals surface area contributed by atoms with Gasteiger partial charge in [0.1, 0.15) is 0 Å². The first-order valence-corrected chi connectivity index (χ1v) is 11.0. The molecule has 3 heterocycles. The number of hydrogen-bond acceptors (Lipinski definition) is 4. The highest BCUT2D eigenvalue weighted by molar-refractivity contribution is 6.10. The summed E-state index contributed by atoms with van der Waals surface area (Å²) in [5.74, 6) is 0.728. The molecule has 0 bridgehead atoms. The smallest absolute Gasteiger partial charge is 0.151 e. The van der Waals surface area contributed by atoms with Crippen molar-refractivity contribution >= 4 is 23.3 Å². The van der Waals surface area contributed by atoms with Gasteiger partial charge in [0, 0.05) is 47.6 Å². The van der Waals surface area contributed by atoms with Gasteiger partial charge in [-0.3, -0.25) is 9.98 Å². The van der Waals surface area contributed by atoms with Crippen LogP contribution in [-0.2, 0) is 6.42 Å². The maximum atomic E-state index is 4.71. The van der Waals surface area contributed by atoms with E-state index in [1.807, 2.05) is 44.6 Å². The molecule has 1 aromatic carbocycles. The summed E-state index contributed by atoms with van der Waals surface area (Å²) in [6.45, 7) is 6.99. The largest absolute Gasteiger partial charge is 0.288 e. The Labute approximate surface area is 190 Å². The van der Waals surface area contributed by atoms with Crippen molar-refractivity contribution in [3.8, 4) is 11.1 Å². The Balaban J connectivity index is 1.43. The lowest BCUT2D eigenvalue weighted by Crippen LogP contribution is -1.97. The van der Waals surface area contributed by atoms with E-state index in [0.717, 1.165) is 47.7 Å². The second-order valence-electron chi connectivity index (χ2n) is 8.08. The minimum atomic E-state index is 0.728. The Bertz CT molecular complexity index is 1200. The van der Waals surface area contributed by atoms with Crippen LogP contribution in [0.2, 0.25) is 0 Å². The van der Waals surface area contributed by atoms with Crippen molar-refractivity contribution in [2.24, 2.45) is 9.98 Å². The van der Waals surface area contributed by atoms with Crippen LogP contribution in [0.15, 0.2) is 88.6 Å². The van der Waals surface area contributed by atoms with E-state index in [1.165, 1.54) is 22.3 Å². The highest BCUT2D eigenvalue weighted by atomic mass is 14.9. The molecule has 2 aromatic heterocycles. The molecule has 1 aliphatic heterocycles. The third-order valence-electron chi connectivity index (χ3n) is 5.51. The first-order chi connectivity index (χ1) is 15.6. The standard InChI is InChI=1S/C28H28N4/c1-4-22-5-10-26(18-29-17-22)27-11-12-28(31-19-27)32-21(3)15-23-6-8-24(9-7-23)25-13-14-30-20(2)16-25/h5-14,16,18-19H,4,15,17H2,1-3H3. The summed E-state index contributed by atoms with van der Waals surface area (Å²) in [4.78, 5) is 18.0. The third-order valence-corrected chi connectivity index (χ3v) is 5.51. The van der Waals surface area contributed by atoms with E-state index in [-0.39, 0.29) is 0 Å². The van der Waals surface area contributed by atoms with E-state index >= 15 is 0 Å². The molecule has 0 amide bonds. The maximum absolute atomic E-state index is 4.71. The second-order valence-corrected chi connectivity index (χ2v) is 8.08. The monoisotopic (exact) mass is 420 g/mol. The number of aryl methyl sites for hydroxylation is 1. The second kappa shape index (κ2) is 10.1. The minimum absolute atomic E-state index is 0.728. The van der Waals surface area contributed by atoms with E-state index in [1.54, 1.807) is 0 Å². The summed E-state index contributed by atoms with van der Waals surface area (Å²) in [6, 6.07) is 16.8. The Hall–Kier alpha value is -3.66. The molecule has 0 atom stereocenters. The molecule has 0 aliphatic carbocycles. The molecule has 4 heteroatoms. The molecule has 1 aliphatic rings. The fourth-order valence-corrected chi connectivity index (χ4v) is 3.66. The predicted octanol–water partition coefficient (Wildman–Crippen LogP) is 6.59. The van der Waals surface area contributed by atoms with Gasteiger partial charge in [-0.05, 0) is 66.8 Å². The maximum Gasteiger partial charge on any atom is 0.151 e. The van der Waals surface area contributed by atoms with Gasteiger partial charge in [0.2, 0.25) is 0 Å². The summed E-state index contributed by atoms with van der Waals surface area (Å²) in [6.07, 6.45) is 11.8. The van der Waals surface area contributed by atoms with Crippen molar-refractivity contribution in [3.05, 3.63) is 95.5 Å². The molecule has 0 fully saturated rings. The Kier molecular flexibility index (Phi) is 6.81. The first-order valence-electron chi connectivity index (χ1n) is 11.0. The SMILES string of the molecule is CCC1=CC=C(c2ccc(N=C(C)Cc3ccc(-c4ccnc(C)c4)cc3)nc2)C=NC1. The molecular formula is C28H28N4. The molecule has 0 radical (unpaired) electrons. The molecule has 3 aromatic rings. The molecule has 0 saturated heterocycles. The van der Waals surface area contributed by atoms with Crippen molar-refractivity contribution in [1.29, 1.82) is 0 Å². The van der Waals surface area contributed by atoms with E-state index in [2.05, 4.69) is 70.4 Å². The Morgan fingerprint density at radius 2 is 1.75 bits per heavy atom. The van der Waals surface area contributed by atoms with Gasteiger partial charge in [0.05, 0.1) is 6.54 Å². The summed E-state index contributed by atoms with van der Waals surface area (Å²) in [5.41, 5.74) is 9.15. The summed E-state index contributed by atoms with van der Waals surface area (Å²) in [7, 11) is 0. The molecule has 0 spiro atoms. The highest BCUT2D eigenvalue weighted by Gasteiger charge is 2.04. The van der Waals surface area contributed by atoms with Crippen molar-refractivity contribution in [3.63, 3.8) is 0 Å². The predicted molar refractivity (Wildman–Crippen MR) is 135 cm³/mol. The zero-order chi connectivity index (χ0) is 22.3. The molecule has 0 saturated carbocycles. The Morgan fingerprint density at radius 1 is 0.938 bits per heavy atom. The first kappa shape index (κ1) is 21.6. The van der Waals surface area contributed by atoms with Crippen LogP contribution in [-0.4, -0.2) is 28.4 Å². The van der Waals surface area contributed by atoms with Crippen LogP contribution in [0.1, 0.15) is 37.1 Å². The fraction of sp³-hybridized carbons (Fsp3) is 0.214. The molecule has 4 nitrogen and oxygen atoms in total. The van der Waals surface area contributed by atoms with Gasteiger partial charge in [0.25, 0.3) is 0 Å². The number of rotatable bonds is 6. The number of hydrogen-bond donors (Lipinski definition) is 0. The van der Waals surface area contributed by atoms with Gasteiger partial charge < -0.3 is 0 Å². The van der Waals surface area contributed by atoms with Crippen LogP contribution in [0.25, 0.3) is 16.7 Å². The zero-order valence-electron chi connectivity index (χ0n) is 18.9. The molecule has 0 unspecified atom stereocenters. The highest BCUT2D eigenvalue weighted by Crippen LogP contribution is 2.21. The molecule has 32 heavy (non-hydrogen) atoms. The van der Waals surface area contributed by atoms with Crippen LogP contribution in [0, 0.1) is 6.92 Å². The summed E-state index contributed by atoms with van der Waals surface area (Å²) >= 11 is 0. The lowest BCUT2D eigenvalue weighted by molar-refractivity contribution is 1.01. The van der Waals surface area contributed by atoms with E-state index < -0.39 is 0 Å². The van der Waals surface area contributed by atoms with Gasteiger partial charge in [0.15, 0.2) is 5.82 Å². The third kappa shape index (κ3) is 5.52. The van der Waals surface area contributed by atoms with E-state index in [9.17, 15) is 0 Å². The molecular weight excluding hydrogens is 392 g/mol. The zero-order valence-corrected chi connectivity index (χ0v) is 18.9. The Morgan fingerprint density at radius 3 is 2.47 bits per heavy atom. The summed E-state index contributed by atoms with van der Waals surface area (Å²) < 4.78 is 0. The van der Waals surface area contributed by atoms with Crippen molar-refractivity contribution in [2.45, 2.75) is 33.6 Å². The van der Waals surface area contributed by atoms with Crippen LogP contribution in [0.3, 0.4) is 0 Å². The number of allylic oxidation sites excluding steroid dienone is 3. The number of pyridine rings is 2. The van der Waals surface area contributed by atoms with Crippen LogP contribution < -0.4 is 0 Å². The number of aliphatic imine (C=N–C) groups is 2. The van der Waals surface area contributed by atoms with Crippen LogP contribution >= 0.6 is 0 Å². The van der Waals surface area contributed by atoms with Crippen molar-refractivity contribution < 1.29 is 0 Å².